The molecule has 140 valence electrons. The highest BCUT2D eigenvalue weighted by molar-refractivity contribution is 6.08. The van der Waals surface area contributed by atoms with Gasteiger partial charge in [0.2, 0.25) is 5.75 Å². The normalized spacial score (nSPS) is 10.4. The molecule has 0 fully saturated rings. The Hall–Kier alpha value is -3.48. The minimum Gasteiger partial charge on any atom is -0.493 e. The second kappa shape index (κ2) is 7.82. The maximum absolute atomic E-state index is 13.0. The van der Waals surface area contributed by atoms with Gasteiger partial charge in [-0.15, -0.1) is 0 Å². The minimum atomic E-state index is -0.338. The highest BCUT2D eigenvalue weighted by Crippen LogP contribution is 2.40. The van der Waals surface area contributed by atoms with E-state index in [0.717, 1.165) is 11.3 Å². The number of nitrogens with zero attached hydrogens (tertiary/aromatic N) is 1. The van der Waals surface area contributed by atoms with Crippen molar-refractivity contribution in [3.05, 3.63) is 53.7 Å². The smallest absolute Gasteiger partial charge is 0.259 e. The van der Waals surface area contributed by atoms with Gasteiger partial charge in [0, 0.05) is 5.56 Å². The lowest BCUT2D eigenvalue weighted by Crippen LogP contribution is -2.14. The monoisotopic (exact) mass is 367 g/mol. The van der Waals surface area contributed by atoms with Crippen LogP contribution < -0.4 is 19.5 Å². The summed E-state index contributed by atoms with van der Waals surface area (Å²) in [5, 5.41) is 10.1. The Morgan fingerprint density at radius 2 is 1.67 bits per heavy atom. The topological polar surface area (TPSA) is 85.5 Å². The summed E-state index contributed by atoms with van der Waals surface area (Å²) >= 11 is 0. The number of ether oxygens (including phenoxy) is 3. The third kappa shape index (κ3) is 3.44. The number of amides is 1. The molecule has 1 aromatic heterocycles. The average molecular weight is 367 g/mol. The zero-order valence-electron chi connectivity index (χ0n) is 15.6. The third-order valence-electron chi connectivity index (χ3n) is 4.20. The van der Waals surface area contributed by atoms with Crippen molar-refractivity contribution in [1.82, 2.24) is 10.2 Å². The number of anilines is 1. The predicted octanol–water partition coefficient (Wildman–Crippen LogP) is 3.66. The van der Waals surface area contributed by atoms with Gasteiger partial charge < -0.3 is 19.5 Å². The van der Waals surface area contributed by atoms with Crippen LogP contribution in [-0.4, -0.2) is 37.4 Å². The summed E-state index contributed by atoms with van der Waals surface area (Å²) in [6.07, 6.45) is 0. The van der Waals surface area contributed by atoms with Crippen LogP contribution in [0, 0.1) is 6.92 Å². The van der Waals surface area contributed by atoms with E-state index in [9.17, 15) is 4.79 Å². The number of benzene rings is 2. The van der Waals surface area contributed by atoms with E-state index < -0.39 is 0 Å². The fraction of sp³-hybridized carbons (Fsp3) is 0.200. The largest absolute Gasteiger partial charge is 0.493 e. The molecule has 3 rings (SSSR count). The number of rotatable bonds is 6. The molecule has 1 heterocycles. The fourth-order valence-corrected chi connectivity index (χ4v) is 2.86. The lowest BCUT2D eigenvalue weighted by atomic mass is 10.1. The molecule has 0 spiro atoms. The van der Waals surface area contributed by atoms with Crippen LogP contribution in [0.15, 0.2) is 42.5 Å². The molecule has 27 heavy (non-hydrogen) atoms. The first kappa shape index (κ1) is 18.3. The lowest BCUT2D eigenvalue weighted by molar-refractivity contribution is 0.102. The van der Waals surface area contributed by atoms with Crippen LogP contribution in [0.1, 0.15) is 16.1 Å². The maximum atomic E-state index is 13.0. The van der Waals surface area contributed by atoms with Crippen molar-refractivity contribution >= 4 is 11.6 Å². The van der Waals surface area contributed by atoms with E-state index in [1.807, 2.05) is 37.3 Å². The van der Waals surface area contributed by atoms with Gasteiger partial charge in [-0.3, -0.25) is 9.89 Å². The molecule has 0 aliphatic heterocycles. The fourth-order valence-electron chi connectivity index (χ4n) is 2.86. The van der Waals surface area contributed by atoms with Crippen LogP contribution in [0.3, 0.4) is 0 Å². The van der Waals surface area contributed by atoms with Gasteiger partial charge in [-0.25, -0.2) is 0 Å². The molecule has 0 radical (unpaired) electrons. The maximum Gasteiger partial charge on any atom is 0.259 e. The molecule has 2 aromatic carbocycles. The molecule has 0 aliphatic rings. The predicted molar refractivity (Wildman–Crippen MR) is 103 cm³/mol. The van der Waals surface area contributed by atoms with Gasteiger partial charge in [0.1, 0.15) is 0 Å². The summed E-state index contributed by atoms with van der Waals surface area (Å²) in [4.78, 5) is 13.0. The molecule has 3 aromatic rings. The molecular formula is C20H21N3O4. The van der Waals surface area contributed by atoms with E-state index in [-0.39, 0.29) is 5.91 Å². The first-order valence-corrected chi connectivity index (χ1v) is 8.31. The quantitative estimate of drug-likeness (QED) is 0.694. The van der Waals surface area contributed by atoms with Gasteiger partial charge >= 0.3 is 0 Å². The van der Waals surface area contributed by atoms with Gasteiger partial charge in [-0.05, 0) is 19.1 Å². The Morgan fingerprint density at radius 1 is 0.963 bits per heavy atom. The molecule has 0 saturated carbocycles. The van der Waals surface area contributed by atoms with Crippen LogP contribution in [-0.2, 0) is 0 Å². The van der Waals surface area contributed by atoms with Crippen molar-refractivity contribution < 1.29 is 19.0 Å². The second-order valence-electron chi connectivity index (χ2n) is 5.76. The van der Waals surface area contributed by atoms with Crippen molar-refractivity contribution in [3.8, 4) is 28.5 Å². The zero-order valence-corrected chi connectivity index (χ0v) is 15.6. The van der Waals surface area contributed by atoms with Crippen molar-refractivity contribution in [1.29, 1.82) is 0 Å². The van der Waals surface area contributed by atoms with E-state index in [4.69, 9.17) is 14.2 Å². The number of nitrogens with one attached hydrogen (secondary N) is 2. The number of carbonyl (C=O) groups excluding carboxylic acids is 1. The van der Waals surface area contributed by atoms with E-state index in [1.165, 1.54) is 21.3 Å². The average Bonchev–Trinajstić information content (AvgIpc) is 3.07. The number of carbonyl (C=O) groups is 1. The van der Waals surface area contributed by atoms with Crippen LogP contribution >= 0.6 is 0 Å². The molecular weight excluding hydrogens is 346 g/mol. The van der Waals surface area contributed by atoms with Gasteiger partial charge in [-0.2, -0.15) is 5.10 Å². The number of hydrogen-bond acceptors (Lipinski definition) is 5. The molecule has 7 heteroatoms. The number of aryl methyl sites for hydroxylation is 1. The van der Waals surface area contributed by atoms with Crippen molar-refractivity contribution in [2.45, 2.75) is 6.92 Å². The van der Waals surface area contributed by atoms with Crippen LogP contribution in [0.2, 0.25) is 0 Å². The number of methoxy groups -OCH3 is 3. The summed E-state index contributed by atoms with van der Waals surface area (Å²) in [5.41, 5.74) is 3.29. The van der Waals surface area contributed by atoms with Crippen molar-refractivity contribution in [3.63, 3.8) is 0 Å². The van der Waals surface area contributed by atoms with E-state index in [0.29, 0.717) is 34.2 Å². The second-order valence-corrected chi connectivity index (χ2v) is 5.76. The lowest BCUT2D eigenvalue weighted by Gasteiger charge is -2.15. The van der Waals surface area contributed by atoms with Crippen LogP contribution in [0.4, 0.5) is 5.69 Å². The number of hydrogen-bond donors (Lipinski definition) is 2. The molecule has 0 aliphatic carbocycles. The van der Waals surface area contributed by atoms with Gasteiger partial charge in [-0.1, -0.05) is 30.3 Å². The standard InChI is InChI=1S/C20H21N3O4/c1-12-16(17(23-22-12)13-8-6-5-7-9-13)21-20(24)14-10-11-15(25-2)19(27-4)18(14)26-3/h5-11H,1-4H3,(H,21,24)(H,22,23). The Labute approximate surface area is 157 Å². The van der Waals surface area contributed by atoms with E-state index in [1.54, 1.807) is 12.1 Å². The summed E-state index contributed by atoms with van der Waals surface area (Å²) < 4.78 is 16.0. The summed E-state index contributed by atoms with van der Waals surface area (Å²) in [6, 6.07) is 13.0. The van der Waals surface area contributed by atoms with Gasteiger partial charge in [0.25, 0.3) is 5.91 Å². The Balaban J connectivity index is 1.99. The van der Waals surface area contributed by atoms with E-state index >= 15 is 0 Å². The molecule has 0 atom stereocenters. The highest BCUT2D eigenvalue weighted by atomic mass is 16.5. The summed E-state index contributed by atoms with van der Waals surface area (Å²) in [7, 11) is 4.50. The zero-order chi connectivity index (χ0) is 19.4. The number of H-pyrrole nitrogens is 1. The SMILES string of the molecule is COc1ccc(C(=O)Nc2c(C)n[nH]c2-c2ccccc2)c(OC)c1OC. The summed E-state index contributed by atoms with van der Waals surface area (Å²) in [5.74, 6) is 0.807. The van der Waals surface area contributed by atoms with Gasteiger partial charge in [0.15, 0.2) is 11.5 Å². The molecule has 0 saturated heterocycles. The Kier molecular flexibility index (Phi) is 5.30. The van der Waals surface area contributed by atoms with Crippen molar-refractivity contribution in [2.75, 3.05) is 26.6 Å². The number of aromatic amines is 1. The van der Waals surface area contributed by atoms with Crippen LogP contribution in [0.25, 0.3) is 11.3 Å². The highest BCUT2D eigenvalue weighted by Gasteiger charge is 2.22. The molecule has 0 bridgehead atoms. The Morgan fingerprint density at radius 3 is 2.30 bits per heavy atom. The first-order chi connectivity index (χ1) is 13.1. The summed E-state index contributed by atoms with van der Waals surface area (Å²) in [6.45, 7) is 1.82. The molecule has 1 amide bonds. The van der Waals surface area contributed by atoms with Crippen LogP contribution in [0.5, 0.6) is 17.2 Å². The van der Waals surface area contributed by atoms with Crippen molar-refractivity contribution in [2.24, 2.45) is 0 Å². The molecule has 2 N–H and O–H groups in total. The minimum absolute atomic E-state index is 0.303. The number of aromatic nitrogens is 2. The van der Waals surface area contributed by atoms with Gasteiger partial charge in [0.05, 0.1) is 44.0 Å². The third-order valence-corrected chi connectivity index (χ3v) is 4.20. The molecule has 7 nitrogen and oxygen atoms in total. The Bertz CT molecular complexity index is 951. The van der Waals surface area contributed by atoms with E-state index in [2.05, 4.69) is 15.5 Å². The molecule has 0 unspecified atom stereocenters. The first-order valence-electron chi connectivity index (χ1n) is 8.31.